The second kappa shape index (κ2) is 13.1. The number of unbranched alkanes of at least 4 members (excludes halogenated alkanes) is 2. The van der Waals surface area contributed by atoms with E-state index in [9.17, 15) is 9.59 Å². The molecule has 0 bridgehead atoms. The largest absolute Gasteiger partial charge is 0.330 e. The molecule has 190 valence electrons. The number of halogens is 4. The van der Waals surface area contributed by atoms with Gasteiger partial charge in [-0.25, -0.2) is 4.79 Å². The van der Waals surface area contributed by atoms with Crippen LogP contribution < -0.4 is 11.5 Å². The summed E-state index contributed by atoms with van der Waals surface area (Å²) in [5.74, 6) is -0.153. The Morgan fingerprint density at radius 1 is 0.657 bits per heavy atom. The van der Waals surface area contributed by atoms with Gasteiger partial charge in [-0.05, 0) is 86.3 Å². The molecule has 1 saturated heterocycles. The normalized spacial score (nSPS) is 15.4. The average Bonchev–Trinajstić information content (AvgIpc) is 2.94. The lowest BCUT2D eigenvalue weighted by atomic mass is 9.83. The molecule has 6 nitrogen and oxygen atoms in total. The number of carbonyl (C=O) groups excluding carboxylic acids is 2. The monoisotopic (exact) mass is 734 g/mol. The van der Waals surface area contributed by atoms with Crippen LogP contribution in [0.15, 0.2) is 54.3 Å². The summed E-state index contributed by atoms with van der Waals surface area (Å²) in [6, 6.07) is 11.7. The predicted octanol–water partition coefficient (Wildman–Crippen LogP) is 6.00. The first-order valence-corrected chi connectivity index (χ1v) is 14.8. The molecule has 1 aliphatic rings. The Morgan fingerprint density at radius 2 is 1.09 bits per heavy atom. The summed E-state index contributed by atoms with van der Waals surface area (Å²) < 4.78 is 3.64. The lowest BCUT2D eigenvalue weighted by molar-refractivity contribution is -0.133. The number of amides is 3. The highest BCUT2D eigenvalue weighted by Crippen LogP contribution is 2.37. The fourth-order valence-electron chi connectivity index (χ4n) is 4.62. The van der Waals surface area contributed by atoms with Crippen LogP contribution in [0, 0.1) is 0 Å². The topological polar surface area (TPSA) is 92.7 Å². The van der Waals surface area contributed by atoms with Gasteiger partial charge in [-0.2, -0.15) is 0 Å². The number of urea groups is 1. The highest BCUT2D eigenvalue weighted by Gasteiger charge is 2.56. The Bertz CT molecular complexity index is 972. The molecule has 0 atom stereocenters. The Balaban J connectivity index is 2.11. The number of nitrogens with two attached hydrogens (primary N) is 2. The van der Waals surface area contributed by atoms with E-state index >= 15 is 0 Å². The maximum absolute atomic E-state index is 14.2. The van der Waals surface area contributed by atoms with Gasteiger partial charge in [0.2, 0.25) is 0 Å². The van der Waals surface area contributed by atoms with Crippen LogP contribution in [0.3, 0.4) is 0 Å². The zero-order valence-electron chi connectivity index (χ0n) is 19.4. The van der Waals surface area contributed by atoms with Crippen LogP contribution in [0.1, 0.15) is 36.8 Å². The van der Waals surface area contributed by atoms with E-state index in [0.29, 0.717) is 45.4 Å². The van der Waals surface area contributed by atoms with Gasteiger partial charge in [0.25, 0.3) is 5.91 Å². The molecule has 4 N–H and O–H groups in total. The Kier molecular flexibility index (Phi) is 10.8. The molecule has 0 unspecified atom stereocenters. The molecule has 3 rings (SSSR count). The SMILES string of the molecule is NCCCCN1C(=O)N(CCCCN)C(Cc2cc(Br)cc(Br)c2)(Cc2cc(Br)cc(Br)c2)C1=O. The molecule has 2 aromatic carbocycles. The minimum atomic E-state index is -1.05. The summed E-state index contributed by atoms with van der Waals surface area (Å²) in [6.07, 6.45) is 3.76. The van der Waals surface area contributed by atoms with Crippen molar-refractivity contribution < 1.29 is 9.59 Å². The van der Waals surface area contributed by atoms with Crippen LogP contribution in [0.4, 0.5) is 4.79 Å². The Labute approximate surface area is 240 Å². The number of imide groups is 1. The smallest absolute Gasteiger partial charge is 0.327 e. The highest BCUT2D eigenvalue weighted by atomic mass is 79.9. The third-order valence-electron chi connectivity index (χ3n) is 6.13. The van der Waals surface area contributed by atoms with Gasteiger partial charge < -0.3 is 16.4 Å². The molecule has 1 fully saturated rings. The predicted molar refractivity (Wildman–Crippen MR) is 154 cm³/mol. The number of hydrogen-bond donors (Lipinski definition) is 2. The first kappa shape index (κ1) is 28.8. The minimum absolute atomic E-state index is 0.153. The van der Waals surface area contributed by atoms with Crippen molar-refractivity contribution in [1.82, 2.24) is 9.80 Å². The van der Waals surface area contributed by atoms with Crippen LogP contribution in [-0.4, -0.2) is 53.5 Å². The van der Waals surface area contributed by atoms with Gasteiger partial charge in [0.05, 0.1) is 0 Å². The van der Waals surface area contributed by atoms with Gasteiger partial charge in [0, 0.05) is 43.8 Å². The molecule has 0 aromatic heterocycles. The lowest BCUT2D eigenvalue weighted by Crippen LogP contribution is -2.53. The summed E-state index contributed by atoms with van der Waals surface area (Å²) in [4.78, 5) is 31.1. The standard InChI is InChI=1S/C25H30Br4N4O2/c26-19-9-17(10-20(27)13-19)15-25(16-18-11-21(28)14-22(29)12-18)23(34)32(7-3-1-5-30)24(35)33(25)8-4-2-6-31/h9-14H,1-8,15-16,30-31H2. The molecule has 0 saturated carbocycles. The van der Waals surface area contributed by atoms with Crippen molar-refractivity contribution >= 4 is 75.7 Å². The summed E-state index contributed by atoms with van der Waals surface area (Å²) in [5, 5.41) is 0. The zero-order chi connectivity index (χ0) is 25.6. The van der Waals surface area contributed by atoms with Gasteiger partial charge in [-0.15, -0.1) is 0 Å². The quantitative estimate of drug-likeness (QED) is 0.207. The van der Waals surface area contributed by atoms with Crippen molar-refractivity contribution in [1.29, 1.82) is 0 Å². The number of benzene rings is 2. The third kappa shape index (κ3) is 7.17. The third-order valence-corrected chi connectivity index (χ3v) is 7.96. The van der Waals surface area contributed by atoms with E-state index in [1.54, 1.807) is 4.90 Å². The van der Waals surface area contributed by atoms with E-state index in [0.717, 1.165) is 48.3 Å². The minimum Gasteiger partial charge on any atom is -0.330 e. The molecule has 35 heavy (non-hydrogen) atoms. The van der Waals surface area contributed by atoms with Gasteiger partial charge in [-0.1, -0.05) is 63.7 Å². The Hall–Kier alpha value is -0.780. The van der Waals surface area contributed by atoms with Crippen LogP contribution in [-0.2, 0) is 17.6 Å². The maximum Gasteiger partial charge on any atom is 0.327 e. The Morgan fingerprint density at radius 3 is 1.51 bits per heavy atom. The zero-order valence-corrected chi connectivity index (χ0v) is 25.8. The average molecular weight is 738 g/mol. The molecule has 3 amide bonds. The van der Waals surface area contributed by atoms with Crippen molar-refractivity contribution in [3.05, 3.63) is 65.4 Å². The van der Waals surface area contributed by atoms with E-state index in [2.05, 4.69) is 63.7 Å². The van der Waals surface area contributed by atoms with E-state index in [1.165, 1.54) is 4.90 Å². The molecule has 0 spiro atoms. The fourth-order valence-corrected chi connectivity index (χ4v) is 7.40. The van der Waals surface area contributed by atoms with E-state index in [-0.39, 0.29) is 11.9 Å². The molecule has 0 radical (unpaired) electrons. The number of rotatable bonds is 12. The molecule has 1 heterocycles. The first-order valence-electron chi connectivity index (χ1n) is 11.6. The van der Waals surface area contributed by atoms with Crippen LogP contribution in [0.5, 0.6) is 0 Å². The van der Waals surface area contributed by atoms with E-state index in [4.69, 9.17) is 11.5 Å². The summed E-state index contributed by atoms with van der Waals surface area (Å²) in [5.41, 5.74) is 12.3. The van der Waals surface area contributed by atoms with Crippen molar-refractivity contribution in [2.24, 2.45) is 11.5 Å². The van der Waals surface area contributed by atoms with Crippen LogP contribution in [0.25, 0.3) is 0 Å². The highest BCUT2D eigenvalue weighted by molar-refractivity contribution is 9.11. The number of hydrogen-bond acceptors (Lipinski definition) is 4. The number of carbonyl (C=O) groups is 2. The van der Waals surface area contributed by atoms with Crippen molar-refractivity contribution in [2.75, 3.05) is 26.2 Å². The fraction of sp³-hybridized carbons (Fsp3) is 0.440. The van der Waals surface area contributed by atoms with Gasteiger partial charge >= 0.3 is 6.03 Å². The van der Waals surface area contributed by atoms with E-state index < -0.39 is 5.54 Å². The van der Waals surface area contributed by atoms with E-state index in [1.807, 2.05) is 36.4 Å². The lowest BCUT2D eigenvalue weighted by Gasteiger charge is -2.36. The molecule has 1 aliphatic heterocycles. The summed E-state index contributed by atoms with van der Waals surface area (Å²) in [6.45, 7) is 1.91. The molecule has 10 heteroatoms. The van der Waals surface area contributed by atoms with Crippen molar-refractivity contribution in [3.8, 4) is 0 Å². The van der Waals surface area contributed by atoms with Crippen LogP contribution in [0.2, 0.25) is 0 Å². The van der Waals surface area contributed by atoms with Crippen LogP contribution >= 0.6 is 63.7 Å². The van der Waals surface area contributed by atoms with Gasteiger partial charge in [0.1, 0.15) is 5.54 Å². The summed E-state index contributed by atoms with van der Waals surface area (Å²) in [7, 11) is 0. The molecule has 2 aromatic rings. The molecular weight excluding hydrogens is 708 g/mol. The maximum atomic E-state index is 14.2. The van der Waals surface area contributed by atoms with Crippen molar-refractivity contribution in [3.63, 3.8) is 0 Å². The van der Waals surface area contributed by atoms with Gasteiger partial charge in [-0.3, -0.25) is 9.69 Å². The second-order valence-corrected chi connectivity index (χ2v) is 12.5. The second-order valence-electron chi connectivity index (χ2n) is 8.82. The number of nitrogens with zero attached hydrogens (tertiary/aromatic N) is 2. The molecular formula is C25H30Br4N4O2. The molecule has 0 aliphatic carbocycles. The summed E-state index contributed by atoms with van der Waals surface area (Å²) >= 11 is 14.3. The first-order chi connectivity index (χ1) is 16.7. The van der Waals surface area contributed by atoms with Gasteiger partial charge in [0.15, 0.2) is 0 Å². The van der Waals surface area contributed by atoms with Crippen molar-refractivity contribution in [2.45, 2.75) is 44.1 Å².